The number of carbonyl (C=O) groups excluding carboxylic acids is 3. The highest BCUT2D eigenvalue weighted by molar-refractivity contribution is 6.44. The van der Waals surface area contributed by atoms with Crippen molar-refractivity contribution >= 4 is 29.2 Å². The molecule has 1 N–H and O–H groups in total. The summed E-state index contributed by atoms with van der Waals surface area (Å²) < 4.78 is 4.65. The molecule has 1 heterocycles. The lowest BCUT2D eigenvalue weighted by Gasteiger charge is -2.28. The van der Waals surface area contributed by atoms with E-state index in [4.69, 9.17) is 0 Å². The summed E-state index contributed by atoms with van der Waals surface area (Å²) in [5.41, 5.74) is 2.50. The van der Waals surface area contributed by atoms with E-state index in [0.717, 1.165) is 24.1 Å². The zero-order valence-corrected chi connectivity index (χ0v) is 13.8. The average Bonchev–Trinajstić information content (AvgIpc) is 2.66. The molecule has 0 radical (unpaired) electrons. The number of rotatable bonds is 2. The van der Waals surface area contributed by atoms with Crippen molar-refractivity contribution in [3.8, 4) is 0 Å². The number of methoxy groups -OCH3 is 1. The first-order valence-electron chi connectivity index (χ1n) is 7.99. The van der Waals surface area contributed by atoms with Gasteiger partial charge in [-0.25, -0.2) is 4.79 Å². The third-order valence-corrected chi connectivity index (χ3v) is 4.09. The molecule has 0 aromatic heterocycles. The monoisotopic (exact) mass is 338 g/mol. The number of nitrogens with one attached hydrogen (secondary N) is 1. The van der Waals surface area contributed by atoms with Gasteiger partial charge < -0.3 is 15.0 Å². The van der Waals surface area contributed by atoms with Crippen LogP contribution in [0.5, 0.6) is 0 Å². The van der Waals surface area contributed by atoms with Crippen molar-refractivity contribution in [2.24, 2.45) is 0 Å². The molecule has 0 fully saturated rings. The van der Waals surface area contributed by atoms with E-state index in [1.165, 1.54) is 18.1 Å². The van der Waals surface area contributed by atoms with Crippen LogP contribution in [0.2, 0.25) is 0 Å². The first kappa shape index (κ1) is 16.7. The van der Waals surface area contributed by atoms with Gasteiger partial charge in [0.05, 0.1) is 12.7 Å². The molecule has 1 aliphatic rings. The van der Waals surface area contributed by atoms with Gasteiger partial charge >= 0.3 is 17.8 Å². The summed E-state index contributed by atoms with van der Waals surface area (Å²) in [6, 6.07) is 13.9. The molecular formula is C19H18N2O4. The third-order valence-electron chi connectivity index (χ3n) is 4.09. The second-order valence-corrected chi connectivity index (χ2v) is 5.72. The summed E-state index contributed by atoms with van der Waals surface area (Å²) in [4.78, 5) is 38.0. The largest absolute Gasteiger partial charge is 0.465 e. The zero-order chi connectivity index (χ0) is 17.8. The van der Waals surface area contributed by atoms with Crippen LogP contribution in [0.15, 0.2) is 48.5 Å². The van der Waals surface area contributed by atoms with Crippen LogP contribution in [0.3, 0.4) is 0 Å². The normalized spacial score (nSPS) is 12.9. The predicted octanol–water partition coefficient (Wildman–Crippen LogP) is 2.39. The highest BCUT2D eigenvalue weighted by atomic mass is 16.5. The van der Waals surface area contributed by atoms with Crippen LogP contribution in [-0.2, 0) is 20.7 Å². The van der Waals surface area contributed by atoms with Crippen LogP contribution in [-0.4, -0.2) is 31.4 Å². The maximum Gasteiger partial charge on any atom is 0.337 e. The minimum absolute atomic E-state index is 0.302. The van der Waals surface area contributed by atoms with Crippen LogP contribution in [0, 0.1) is 0 Å². The number of benzene rings is 2. The number of para-hydroxylation sites is 1. The molecule has 0 unspecified atom stereocenters. The van der Waals surface area contributed by atoms with Gasteiger partial charge in [0.15, 0.2) is 0 Å². The quantitative estimate of drug-likeness (QED) is 0.674. The van der Waals surface area contributed by atoms with Crippen LogP contribution >= 0.6 is 0 Å². The van der Waals surface area contributed by atoms with Crippen LogP contribution in [0.25, 0.3) is 0 Å². The molecule has 0 spiro atoms. The van der Waals surface area contributed by atoms with Gasteiger partial charge in [-0.3, -0.25) is 9.59 Å². The molecule has 0 atom stereocenters. The molecule has 1 aliphatic heterocycles. The molecule has 2 amide bonds. The van der Waals surface area contributed by atoms with E-state index in [1.54, 1.807) is 18.2 Å². The van der Waals surface area contributed by atoms with E-state index < -0.39 is 17.8 Å². The second-order valence-electron chi connectivity index (χ2n) is 5.72. The van der Waals surface area contributed by atoms with Gasteiger partial charge in [0.2, 0.25) is 0 Å². The summed E-state index contributed by atoms with van der Waals surface area (Å²) in [6.45, 7) is 0.505. The van der Waals surface area contributed by atoms with E-state index in [-0.39, 0.29) is 0 Å². The van der Waals surface area contributed by atoms with Gasteiger partial charge in [0, 0.05) is 17.9 Å². The Hall–Kier alpha value is -3.15. The van der Waals surface area contributed by atoms with Crippen molar-refractivity contribution in [1.82, 2.24) is 0 Å². The summed E-state index contributed by atoms with van der Waals surface area (Å²) in [5.74, 6) is -1.86. The molecule has 6 nitrogen and oxygen atoms in total. The number of amides is 2. The summed E-state index contributed by atoms with van der Waals surface area (Å²) in [6.07, 6.45) is 1.70. The first-order valence-corrected chi connectivity index (χ1v) is 7.99. The minimum atomic E-state index is -0.737. The maximum atomic E-state index is 12.6. The standard InChI is InChI=1S/C19H18N2O4/c1-25-19(24)14-7-4-9-15(12-14)20-17(22)18(23)21-11-5-8-13-6-2-3-10-16(13)21/h2-4,6-7,9-10,12H,5,8,11H2,1H3,(H,20,22). The van der Waals surface area contributed by atoms with Crippen LogP contribution < -0.4 is 10.2 Å². The number of carbonyl (C=O) groups is 3. The molecule has 6 heteroatoms. The van der Waals surface area contributed by atoms with E-state index in [2.05, 4.69) is 10.1 Å². The Morgan fingerprint density at radius 3 is 2.68 bits per heavy atom. The zero-order valence-electron chi connectivity index (χ0n) is 13.8. The van der Waals surface area contributed by atoms with E-state index in [1.807, 2.05) is 24.3 Å². The van der Waals surface area contributed by atoms with Crippen molar-refractivity contribution < 1.29 is 19.1 Å². The average molecular weight is 338 g/mol. The topological polar surface area (TPSA) is 75.7 Å². The van der Waals surface area contributed by atoms with Crippen molar-refractivity contribution in [1.29, 1.82) is 0 Å². The SMILES string of the molecule is COC(=O)c1cccc(NC(=O)C(=O)N2CCCc3ccccc32)c1. The van der Waals surface area contributed by atoms with Gasteiger partial charge in [-0.1, -0.05) is 24.3 Å². The molecule has 0 saturated carbocycles. The first-order chi connectivity index (χ1) is 12.1. The number of esters is 1. The van der Waals surface area contributed by atoms with Crippen LogP contribution in [0.1, 0.15) is 22.3 Å². The molecule has 0 aliphatic carbocycles. The number of hydrogen-bond donors (Lipinski definition) is 1. The summed E-state index contributed by atoms with van der Waals surface area (Å²) in [5, 5.41) is 2.55. The van der Waals surface area contributed by atoms with Crippen molar-refractivity contribution in [3.05, 3.63) is 59.7 Å². The Balaban J connectivity index is 1.76. The Bertz CT molecular complexity index is 832. The summed E-state index contributed by atoms with van der Waals surface area (Å²) in [7, 11) is 1.28. The Morgan fingerprint density at radius 2 is 1.88 bits per heavy atom. The lowest BCUT2D eigenvalue weighted by molar-refractivity contribution is -0.134. The molecule has 25 heavy (non-hydrogen) atoms. The Kier molecular flexibility index (Phi) is 4.79. The fraction of sp³-hybridized carbons (Fsp3) is 0.211. The number of hydrogen-bond acceptors (Lipinski definition) is 4. The number of ether oxygens (including phenoxy) is 1. The van der Waals surface area contributed by atoms with Crippen LogP contribution in [0.4, 0.5) is 11.4 Å². The lowest BCUT2D eigenvalue weighted by atomic mass is 10.0. The van der Waals surface area contributed by atoms with Gasteiger partial charge in [0.25, 0.3) is 0 Å². The van der Waals surface area contributed by atoms with E-state index in [0.29, 0.717) is 17.8 Å². The molecule has 0 saturated heterocycles. The van der Waals surface area contributed by atoms with Crippen molar-refractivity contribution in [2.75, 3.05) is 23.9 Å². The Morgan fingerprint density at radius 1 is 1.08 bits per heavy atom. The summed E-state index contributed by atoms with van der Waals surface area (Å²) >= 11 is 0. The number of nitrogens with zero attached hydrogens (tertiary/aromatic N) is 1. The molecular weight excluding hydrogens is 320 g/mol. The highest BCUT2D eigenvalue weighted by Crippen LogP contribution is 2.26. The Labute approximate surface area is 145 Å². The smallest absolute Gasteiger partial charge is 0.337 e. The van der Waals surface area contributed by atoms with E-state index >= 15 is 0 Å². The molecule has 3 rings (SSSR count). The second kappa shape index (κ2) is 7.17. The predicted molar refractivity (Wildman–Crippen MR) is 93.5 cm³/mol. The van der Waals surface area contributed by atoms with E-state index in [9.17, 15) is 14.4 Å². The molecule has 2 aromatic carbocycles. The highest BCUT2D eigenvalue weighted by Gasteiger charge is 2.27. The lowest BCUT2D eigenvalue weighted by Crippen LogP contribution is -2.42. The van der Waals surface area contributed by atoms with Gasteiger partial charge in [-0.15, -0.1) is 0 Å². The minimum Gasteiger partial charge on any atom is -0.465 e. The molecule has 2 aromatic rings. The maximum absolute atomic E-state index is 12.6. The van der Waals surface area contributed by atoms with Gasteiger partial charge in [-0.2, -0.15) is 0 Å². The van der Waals surface area contributed by atoms with Crippen molar-refractivity contribution in [3.63, 3.8) is 0 Å². The fourth-order valence-electron chi connectivity index (χ4n) is 2.89. The molecule has 0 bridgehead atoms. The fourth-order valence-corrected chi connectivity index (χ4v) is 2.89. The number of anilines is 2. The van der Waals surface area contributed by atoms with Gasteiger partial charge in [0.1, 0.15) is 0 Å². The van der Waals surface area contributed by atoms with Gasteiger partial charge in [-0.05, 0) is 42.7 Å². The number of fused-ring (bicyclic) bond motifs is 1. The number of aryl methyl sites for hydroxylation is 1. The van der Waals surface area contributed by atoms with Crippen molar-refractivity contribution in [2.45, 2.75) is 12.8 Å². The third kappa shape index (κ3) is 3.52. The molecule has 128 valence electrons.